The molecule has 0 aliphatic rings. The number of ether oxygens (including phenoxy) is 1. The minimum Gasteiger partial charge on any atom is -0.454 e. The van der Waals surface area contributed by atoms with Crippen LogP contribution in [-0.4, -0.2) is 5.91 Å². The maximum absolute atomic E-state index is 11.0. The van der Waals surface area contributed by atoms with Gasteiger partial charge >= 0.3 is 0 Å². The Hall–Kier alpha value is -3.00. The predicted molar refractivity (Wildman–Crippen MR) is 70.6 cm³/mol. The van der Waals surface area contributed by atoms with Crippen molar-refractivity contribution in [3.8, 4) is 17.6 Å². The van der Waals surface area contributed by atoms with E-state index in [-0.39, 0.29) is 5.69 Å². The number of primary amides is 1. The smallest absolute Gasteiger partial charge is 0.248 e. The molecule has 0 fully saturated rings. The van der Waals surface area contributed by atoms with Gasteiger partial charge in [0.15, 0.2) is 0 Å². The van der Waals surface area contributed by atoms with Crippen molar-refractivity contribution in [3.63, 3.8) is 0 Å². The number of nitrogens with zero attached hydrogens (tertiary/aromatic N) is 1. The molecular weight excluding hydrogens is 242 g/mol. The zero-order valence-electron chi connectivity index (χ0n) is 9.96. The lowest BCUT2D eigenvalue weighted by Crippen LogP contribution is -2.11. The maximum atomic E-state index is 11.0. The van der Waals surface area contributed by atoms with E-state index >= 15 is 0 Å². The summed E-state index contributed by atoms with van der Waals surface area (Å²) in [5.41, 5.74) is 11.9. The Balaban J connectivity index is 2.34. The fourth-order valence-electron chi connectivity index (χ4n) is 1.56. The number of benzene rings is 2. The van der Waals surface area contributed by atoms with E-state index in [1.54, 1.807) is 30.3 Å². The van der Waals surface area contributed by atoms with Gasteiger partial charge in [-0.1, -0.05) is 12.1 Å². The van der Waals surface area contributed by atoms with E-state index in [4.69, 9.17) is 21.5 Å². The van der Waals surface area contributed by atoms with Crippen molar-refractivity contribution in [1.29, 1.82) is 5.26 Å². The van der Waals surface area contributed by atoms with E-state index < -0.39 is 5.91 Å². The van der Waals surface area contributed by atoms with Gasteiger partial charge in [0, 0.05) is 5.56 Å². The number of anilines is 1. The number of carbonyl (C=O) groups excluding carboxylic acids is 1. The molecule has 0 aliphatic carbocycles. The molecule has 5 heteroatoms. The Bertz CT molecular complexity index is 675. The van der Waals surface area contributed by atoms with Gasteiger partial charge in [0.05, 0.1) is 11.3 Å². The first-order chi connectivity index (χ1) is 9.11. The highest BCUT2D eigenvalue weighted by molar-refractivity contribution is 5.94. The number of carbonyl (C=O) groups is 1. The zero-order valence-corrected chi connectivity index (χ0v) is 9.96. The topological polar surface area (TPSA) is 102 Å². The largest absolute Gasteiger partial charge is 0.454 e. The number of nitrogens with two attached hydrogens (primary N) is 2. The van der Waals surface area contributed by atoms with Crippen LogP contribution in [0.15, 0.2) is 42.5 Å². The van der Waals surface area contributed by atoms with Crippen molar-refractivity contribution in [1.82, 2.24) is 0 Å². The van der Waals surface area contributed by atoms with Crippen LogP contribution >= 0.6 is 0 Å². The number of nitrogen functional groups attached to an aromatic ring is 1. The third kappa shape index (κ3) is 2.64. The number of hydrogen-bond donors (Lipinski definition) is 2. The van der Waals surface area contributed by atoms with Gasteiger partial charge in [-0.15, -0.1) is 0 Å². The van der Waals surface area contributed by atoms with Crippen molar-refractivity contribution in [3.05, 3.63) is 53.6 Å². The second-order valence-corrected chi connectivity index (χ2v) is 3.83. The van der Waals surface area contributed by atoms with E-state index in [9.17, 15) is 4.79 Å². The summed E-state index contributed by atoms with van der Waals surface area (Å²) in [6.45, 7) is 0. The molecule has 0 aliphatic heterocycles. The summed E-state index contributed by atoms with van der Waals surface area (Å²) in [6, 6.07) is 13.3. The summed E-state index contributed by atoms with van der Waals surface area (Å²) in [6.07, 6.45) is 0. The van der Waals surface area contributed by atoms with Crippen LogP contribution in [0.1, 0.15) is 15.9 Å². The second kappa shape index (κ2) is 5.10. The first-order valence-electron chi connectivity index (χ1n) is 5.48. The monoisotopic (exact) mass is 253 g/mol. The molecule has 0 unspecified atom stereocenters. The van der Waals surface area contributed by atoms with Crippen molar-refractivity contribution >= 4 is 11.6 Å². The summed E-state index contributed by atoms with van der Waals surface area (Å²) in [5, 5.41) is 8.96. The molecular formula is C14H11N3O2. The predicted octanol–water partition coefficient (Wildman–Crippen LogP) is 2.03. The number of nitriles is 1. The van der Waals surface area contributed by atoms with E-state index in [1.165, 1.54) is 12.1 Å². The standard InChI is InChI=1S/C14H11N3O2/c15-8-10-3-1-2-4-12(10)19-13-6-5-9(14(17)18)7-11(13)16/h1-7H,16H2,(H2,17,18). The molecule has 2 aromatic rings. The van der Waals surface area contributed by atoms with Gasteiger partial charge in [-0.25, -0.2) is 0 Å². The van der Waals surface area contributed by atoms with Crippen LogP contribution in [0, 0.1) is 11.3 Å². The molecule has 0 saturated heterocycles. The van der Waals surface area contributed by atoms with Gasteiger partial charge in [-0.2, -0.15) is 5.26 Å². The van der Waals surface area contributed by atoms with Crippen LogP contribution in [0.25, 0.3) is 0 Å². The highest BCUT2D eigenvalue weighted by Crippen LogP contribution is 2.29. The maximum Gasteiger partial charge on any atom is 0.248 e. The molecule has 19 heavy (non-hydrogen) atoms. The third-order valence-corrected chi connectivity index (χ3v) is 2.52. The SMILES string of the molecule is N#Cc1ccccc1Oc1ccc(C(N)=O)cc1N. The van der Waals surface area contributed by atoms with Gasteiger partial charge in [0.25, 0.3) is 0 Å². The molecule has 5 nitrogen and oxygen atoms in total. The van der Waals surface area contributed by atoms with Crippen molar-refractivity contribution in [2.75, 3.05) is 5.73 Å². The number of hydrogen-bond acceptors (Lipinski definition) is 4. The summed E-state index contributed by atoms with van der Waals surface area (Å²) in [7, 11) is 0. The van der Waals surface area contributed by atoms with Gasteiger partial charge in [-0.3, -0.25) is 4.79 Å². The number of para-hydroxylation sites is 1. The first kappa shape index (κ1) is 12.5. The zero-order chi connectivity index (χ0) is 13.8. The fraction of sp³-hybridized carbons (Fsp3) is 0. The van der Waals surface area contributed by atoms with E-state index in [0.29, 0.717) is 22.6 Å². The van der Waals surface area contributed by atoms with Crippen LogP contribution in [-0.2, 0) is 0 Å². The third-order valence-electron chi connectivity index (χ3n) is 2.52. The Morgan fingerprint density at radius 1 is 1.16 bits per heavy atom. The van der Waals surface area contributed by atoms with Gasteiger partial charge in [-0.05, 0) is 30.3 Å². The molecule has 0 spiro atoms. The molecule has 0 radical (unpaired) electrons. The van der Waals surface area contributed by atoms with Gasteiger partial charge in [0.1, 0.15) is 17.6 Å². The molecule has 2 rings (SSSR count). The van der Waals surface area contributed by atoms with Gasteiger partial charge in [0.2, 0.25) is 5.91 Å². The summed E-state index contributed by atoms with van der Waals surface area (Å²) < 4.78 is 5.57. The van der Waals surface area contributed by atoms with Gasteiger partial charge < -0.3 is 16.2 Å². The lowest BCUT2D eigenvalue weighted by atomic mass is 10.1. The lowest BCUT2D eigenvalue weighted by molar-refractivity contribution is 0.100. The molecule has 94 valence electrons. The highest BCUT2D eigenvalue weighted by atomic mass is 16.5. The van der Waals surface area contributed by atoms with Crippen LogP contribution < -0.4 is 16.2 Å². The average molecular weight is 253 g/mol. The Morgan fingerprint density at radius 2 is 1.89 bits per heavy atom. The molecule has 0 saturated carbocycles. The first-order valence-corrected chi connectivity index (χ1v) is 5.48. The fourth-order valence-corrected chi connectivity index (χ4v) is 1.56. The highest BCUT2D eigenvalue weighted by Gasteiger charge is 2.08. The number of rotatable bonds is 3. The molecule has 1 amide bonds. The Kier molecular flexibility index (Phi) is 3.35. The molecule has 2 aromatic carbocycles. The van der Waals surface area contributed by atoms with E-state index in [1.807, 2.05) is 6.07 Å². The van der Waals surface area contributed by atoms with E-state index in [0.717, 1.165) is 0 Å². The molecule has 0 bridgehead atoms. The van der Waals surface area contributed by atoms with Crippen molar-refractivity contribution in [2.45, 2.75) is 0 Å². The van der Waals surface area contributed by atoms with Crippen LogP contribution in [0.5, 0.6) is 11.5 Å². The number of amides is 1. The van der Waals surface area contributed by atoms with Crippen molar-refractivity contribution in [2.24, 2.45) is 5.73 Å². The summed E-state index contributed by atoms with van der Waals surface area (Å²) in [5.74, 6) is 0.215. The minimum absolute atomic E-state index is 0.282. The molecule has 0 atom stereocenters. The minimum atomic E-state index is -0.560. The molecule has 0 heterocycles. The van der Waals surface area contributed by atoms with E-state index in [2.05, 4.69) is 0 Å². The summed E-state index contributed by atoms with van der Waals surface area (Å²) in [4.78, 5) is 11.0. The van der Waals surface area contributed by atoms with Crippen molar-refractivity contribution < 1.29 is 9.53 Å². The summed E-state index contributed by atoms with van der Waals surface area (Å²) >= 11 is 0. The normalized spacial score (nSPS) is 9.63. The Labute approximate surface area is 110 Å². The average Bonchev–Trinajstić information content (AvgIpc) is 2.41. The molecule has 0 aromatic heterocycles. The quantitative estimate of drug-likeness (QED) is 0.817. The van der Waals surface area contributed by atoms with Crippen LogP contribution in [0.2, 0.25) is 0 Å². The van der Waals surface area contributed by atoms with Crippen LogP contribution in [0.4, 0.5) is 5.69 Å². The van der Waals surface area contributed by atoms with Crippen LogP contribution in [0.3, 0.4) is 0 Å². The second-order valence-electron chi connectivity index (χ2n) is 3.83. The Morgan fingerprint density at radius 3 is 2.53 bits per heavy atom. The molecule has 4 N–H and O–H groups in total. The lowest BCUT2D eigenvalue weighted by Gasteiger charge is -2.10.